The molecule has 0 bridgehead atoms. The van der Waals surface area contributed by atoms with Gasteiger partial charge in [-0.3, -0.25) is 14.4 Å². The van der Waals surface area contributed by atoms with Crippen LogP contribution in [0.2, 0.25) is 5.15 Å². The van der Waals surface area contributed by atoms with Gasteiger partial charge in [-0.2, -0.15) is 54.5 Å². The van der Waals surface area contributed by atoms with E-state index in [1.807, 2.05) is 20.8 Å². The molecule has 0 aliphatic carbocycles. The predicted molar refractivity (Wildman–Crippen MR) is 322 cm³/mol. The van der Waals surface area contributed by atoms with Crippen molar-refractivity contribution in [2.75, 3.05) is 35.6 Å². The number of carbonyl (C=O) groups is 3. The van der Waals surface area contributed by atoms with Gasteiger partial charge in [-0.15, -0.1) is 0 Å². The topological polar surface area (TPSA) is 205 Å². The van der Waals surface area contributed by atoms with Crippen LogP contribution < -0.4 is 16.0 Å². The molecular weight excluding hydrogens is 1260 g/mol. The first kappa shape index (κ1) is 68.0. The summed E-state index contributed by atoms with van der Waals surface area (Å²) in [5.41, 5.74) is -0.327. The fourth-order valence-corrected chi connectivity index (χ4v) is 11.3. The van der Waals surface area contributed by atoms with Gasteiger partial charge >= 0.3 is 18.5 Å². The minimum absolute atomic E-state index is 0.140. The van der Waals surface area contributed by atoms with Gasteiger partial charge in [-0.1, -0.05) is 11.6 Å². The van der Waals surface area contributed by atoms with Crippen molar-refractivity contribution >= 4 is 46.8 Å². The molecule has 3 saturated heterocycles. The van der Waals surface area contributed by atoms with Crippen molar-refractivity contribution in [3.05, 3.63) is 190 Å². The molecule has 2 aromatic carbocycles. The highest BCUT2D eigenvalue weighted by Gasteiger charge is 2.38. The summed E-state index contributed by atoms with van der Waals surface area (Å²) in [6.45, 7) is 8.96. The van der Waals surface area contributed by atoms with Gasteiger partial charge in [0.05, 0.1) is 45.8 Å². The largest absolute Gasteiger partial charge is 0.417 e. The fourth-order valence-electron chi connectivity index (χ4n) is 11.0. The zero-order chi connectivity index (χ0) is 66.9. The summed E-state index contributed by atoms with van der Waals surface area (Å²) in [7, 11) is 0. The van der Waals surface area contributed by atoms with Crippen molar-refractivity contribution in [3.63, 3.8) is 0 Å². The number of carbonyl (C=O) groups excluding carboxylic acids is 3. The van der Waals surface area contributed by atoms with Crippen LogP contribution in [0.1, 0.15) is 113 Å². The maximum absolute atomic E-state index is 14.0. The maximum atomic E-state index is 14.0. The molecule has 490 valence electrons. The number of aromatic nitrogens is 9. The van der Waals surface area contributed by atoms with Crippen LogP contribution in [-0.2, 0) is 18.5 Å². The van der Waals surface area contributed by atoms with Crippen LogP contribution >= 0.6 is 11.6 Å². The summed E-state index contributed by atoms with van der Waals surface area (Å²) in [6, 6.07) is 18.1. The van der Waals surface area contributed by atoms with Gasteiger partial charge < -0.3 is 30.7 Å². The average Bonchev–Trinajstić information content (AvgIpc) is 1.47. The molecule has 0 radical (unpaired) electrons. The number of benzene rings is 2. The molecule has 18 nitrogen and oxygen atoms in total. The van der Waals surface area contributed by atoms with E-state index < -0.39 is 46.9 Å². The number of nitrogens with zero attached hydrogens (tertiary/aromatic N) is 12. The number of hydrogen-bond donors (Lipinski definition) is 3. The Morgan fingerprint density at radius 2 is 0.882 bits per heavy atom. The Morgan fingerprint density at radius 3 is 1.28 bits per heavy atom. The zero-order valence-corrected chi connectivity index (χ0v) is 50.9. The molecule has 0 saturated carbocycles. The van der Waals surface area contributed by atoms with Crippen LogP contribution in [0, 0.1) is 18.6 Å². The minimum atomic E-state index is -4.46. The van der Waals surface area contributed by atoms with Gasteiger partial charge in [-0.25, -0.2) is 38.7 Å². The molecule has 11 rings (SSSR count). The summed E-state index contributed by atoms with van der Waals surface area (Å²) in [6.07, 6.45) is -0.754. The molecule has 93 heavy (non-hydrogen) atoms. The average molecular weight is 1320 g/mol. The monoisotopic (exact) mass is 1320 g/mol. The predicted octanol–water partition coefficient (Wildman–Crippen LogP) is 13.3. The minimum Gasteiger partial charge on any atom is -0.365 e. The van der Waals surface area contributed by atoms with Gasteiger partial charge in [0.25, 0.3) is 17.7 Å². The van der Waals surface area contributed by atoms with Crippen molar-refractivity contribution in [2.45, 2.75) is 121 Å². The van der Waals surface area contributed by atoms with Gasteiger partial charge in [0.2, 0.25) is 0 Å². The molecule has 9 heterocycles. The molecule has 0 spiro atoms. The molecule has 3 fully saturated rings. The zero-order valence-electron chi connectivity index (χ0n) is 50.2. The molecule has 3 aliphatic heterocycles. The number of likely N-dealkylation sites (tertiary alicyclic amines) is 3. The Kier molecular flexibility index (Phi) is 21.2. The van der Waals surface area contributed by atoms with E-state index in [-0.39, 0.29) is 81.8 Å². The molecule has 30 heteroatoms. The van der Waals surface area contributed by atoms with E-state index in [9.17, 15) is 62.7 Å². The standard InChI is InChI=1S/C23H21F4N5O.C21H20F4N6O.C19H20ClF3N4O/c1-14-19(31-20-8-5-15(13-30-20)23(25,26)27)4-2-11-32(14)22(33)17-7-6-16(24)12-18(17)21-28-9-3-10-29-21;1-13-17(29-19-7-4-14(12-26-19)21(23,24)25)3-2-10-30(13)20(32)16-6-5-15(22)11-18(16)31-27-8-9-28-31;1-11-5-7-14(17(20)25-11)18(28)27-9-3-4-15(12(27)2)26-16-8-6-13(10-24-16)19(21,22)23/h3,5-10,12-14,19H,2,4,11H2,1H3,(H,30,31);4-9,11-13,17H,2-3,10H2,1H3,(H,26,29);5-8,10,12,15H,3-4,9H2,1-2H3,(H,24,26)/t14-,19+;13-,17+;12-,15+/m000/s1. The number of amides is 3. The molecule has 3 amide bonds. The smallest absolute Gasteiger partial charge is 0.365 e. The third-order valence-corrected chi connectivity index (χ3v) is 16.4. The van der Waals surface area contributed by atoms with Crippen LogP contribution in [0.4, 0.5) is 65.7 Å². The number of anilines is 3. The molecule has 3 aliphatic rings. The van der Waals surface area contributed by atoms with Crippen molar-refractivity contribution in [3.8, 4) is 17.1 Å². The second kappa shape index (κ2) is 29.0. The lowest BCUT2D eigenvalue weighted by atomic mass is 9.95. The van der Waals surface area contributed by atoms with Crippen LogP contribution in [-0.4, -0.2) is 133 Å². The van der Waals surface area contributed by atoms with Crippen molar-refractivity contribution in [1.29, 1.82) is 0 Å². The van der Waals surface area contributed by atoms with Gasteiger partial charge in [0.1, 0.15) is 39.9 Å². The number of piperidine rings is 3. The number of aryl methyl sites for hydroxylation is 1. The van der Waals surface area contributed by atoms with Crippen LogP contribution in [0.5, 0.6) is 0 Å². The summed E-state index contributed by atoms with van der Waals surface area (Å²) in [4.78, 5) is 70.0. The first-order valence-corrected chi connectivity index (χ1v) is 29.7. The molecular formula is C63H61ClF11N15O3. The number of rotatable bonds is 11. The fraction of sp³-hybridized carbons (Fsp3) is 0.349. The van der Waals surface area contributed by atoms with E-state index >= 15 is 0 Å². The van der Waals surface area contributed by atoms with Crippen LogP contribution in [0.25, 0.3) is 17.1 Å². The van der Waals surface area contributed by atoms with E-state index in [2.05, 4.69) is 56.1 Å². The molecule has 6 atom stereocenters. The van der Waals surface area contributed by atoms with Crippen molar-refractivity contribution in [2.24, 2.45) is 0 Å². The number of nitrogens with one attached hydrogen (secondary N) is 3. The molecule has 3 N–H and O–H groups in total. The number of pyridine rings is 4. The number of alkyl halides is 9. The molecule has 0 unspecified atom stereocenters. The Morgan fingerprint density at radius 1 is 0.495 bits per heavy atom. The van der Waals surface area contributed by atoms with Gasteiger partial charge in [-0.05, 0) is 151 Å². The van der Waals surface area contributed by atoms with E-state index in [1.165, 1.54) is 84.2 Å². The number of halogens is 12. The van der Waals surface area contributed by atoms with Crippen molar-refractivity contribution in [1.82, 2.24) is 59.6 Å². The lowest BCUT2D eigenvalue weighted by Gasteiger charge is -2.40. The van der Waals surface area contributed by atoms with Crippen LogP contribution in [0.15, 0.2) is 134 Å². The first-order chi connectivity index (χ1) is 44.1. The summed E-state index contributed by atoms with van der Waals surface area (Å²) in [5.74, 6) is -0.656. The lowest BCUT2D eigenvalue weighted by molar-refractivity contribution is -0.138. The second-order valence-corrected chi connectivity index (χ2v) is 22.6. The van der Waals surface area contributed by atoms with Crippen LogP contribution in [0.3, 0.4) is 0 Å². The normalized spacial score (nSPS) is 19.3. The first-order valence-electron chi connectivity index (χ1n) is 29.3. The Bertz CT molecular complexity index is 3850. The summed E-state index contributed by atoms with van der Waals surface area (Å²) in [5, 5.41) is 17.6. The highest BCUT2D eigenvalue weighted by Crippen LogP contribution is 2.34. The van der Waals surface area contributed by atoms with E-state index in [4.69, 9.17) is 11.6 Å². The second-order valence-electron chi connectivity index (χ2n) is 22.2. The van der Waals surface area contributed by atoms with Gasteiger partial charge in [0, 0.05) is 104 Å². The molecule has 8 aromatic rings. The third-order valence-electron chi connectivity index (χ3n) is 16.1. The van der Waals surface area contributed by atoms with E-state index in [0.717, 1.165) is 55.3 Å². The highest BCUT2D eigenvalue weighted by atomic mass is 35.5. The maximum Gasteiger partial charge on any atom is 0.417 e. The van der Waals surface area contributed by atoms with Gasteiger partial charge in [0.15, 0.2) is 5.82 Å². The highest BCUT2D eigenvalue weighted by molar-refractivity contribution is 6.32. The quantitative estimate of drug-likeness (QED) is 0.0814. The Balaban J connectivity index is 0.000000165. The number of hydrogen-bond acceptors (Lipinski definition) is 14. The SMILES string of the molecule is C[C@H]1[C@H](Nc2ccc(C(F)(F)F)cn2)CCCN1C(=O)c1ccc(F)cc1-c1ncccn1.C[C@H]1[C@H](Nc2ccc(C(F)(F)F)cn2)CCCN1C(=O)c1ccc(F)cc1-n1nccn1.Cc1ccc(C(=O)N2CCC[C@@H](Nc3ccc(C(F)(F)F)cn3)[C@@H]2C)c(Cl)n1. The van der Waals surface area contributed by atoms with E-state index in [1.54, 1.807) is 39.8 Å². The van der Waals surface area contributed by atoms with Crippen molar-refractivity contribution < 1.29 is 62.7 Å². The lowest BCUT2D eigenvalue weighted by Crippen LogP contribution is -2.52. The third kappa shape index (κ3) is 16.8. The summed E-state index contributed by atoms with van der Waals surface area (Å²) < 4.78 is 142. The Hall–Kier alpha value is -9.41. The van der Waals surface area contributed by atoms with E-state index in [0.29, 0.717) is 73.9 Å². The Labute approximate surface area is 531 Å². The summed E-state index contributed by atoms with van der Waals surface area (Å²) >= 11 is 6.13. The molecule has 6 aromatic heterocycles.